The lowest BCUT2D eigenvalue weighted by molar-refractivity contribution is 0.729. The van der Waals surface area contributed by atoms with Crippen molar-refractivity contribution in [3.05, 3.63) is 34.8 Å². The van der Waals surface area contributed by atoms with Gasteiger partial charge in [-0.2, -0.15) is 0 Å². The van der Waals surface area contributed by atoms with Crippen LogP contribution in [0.4, 0.5) is 0 Å². The van der Waals surface area contributed by atoms with Crippen molar-refractivity contribution in [2.45, 2.75) is 19.4 Å². The van der Waals surface area contributed by atoms with Crippen LogP contribution in [0.1, 0.15) is 12.6 Å². The maximum absolute atomic E-state index is 5.75. The molecule has 3 nitrogen and oxygen atoms in total. The lowest BCUT2D eigenvalue weighted by Crippen LogP contribution is -2.18. The Labute approximate surface area is 91.1 Å². The summed E-state index contributed by atoms with van der Waals surface area (Å²) in [5.74, 6) is 0. The summed E-state index contributed by atoms with van der Waals surface area (Å²) in [6.45, 7) is 1.99. The van der Waals surface area contributed by atoms with Crippen LogP contribution in [-0.2, 0) is 6.42 Å². The molecule has 14 heavy (non-hydrogen) atoms. The molecule has 1 unspecified atom stereocenters. The predicted molar refractivity (Wildman–Crippen MR) is 60.2 cm³/mol. The van der Waals surface area contributed by atoms with Gasteiger partial charge in [-0.25, -0.2) is 4.98 Å². The van der Waals surface area contributed by atoms with Crippen LogP contribution in [0.25, 0.3) is 5.52 Å². The monoisotopic (exact) mass is 253 g/mol. The topological polar surface area (TPSA) is 43.3 Å². The highest BCUT2D eigenvalue weighted by Crippen LogP contribution is 2.16. The Morgan fingerprint density at radius 1 is 1.64 bits per heavy atom. The molecule has 0 bridgehead atoms. The molecule has 0 spiro atoms. The van der Waals surface area contributed by atoms with Crippen LogP contribution in [0.15, 0.2) is 29.1 Å². The Kier molecular flexibility index (Phi) is 2.56. The van der Waals surface area contributed by atoms with Crippen LogP contribution in [0.2, 0.25) is 0 Å². The molecule has 2 N–H and O–H groups in total. The summed E-state index contributed by atoms with van der Waals surface area (Å²) in [5.41, 5.74) is 7.93. The van der Waals surface area contributed by atoms with Gasteiger partial charge in [0.1, 0.15) is 0 Å². The van der Waals surface area contributed by atoms with Crippen molar-refractivity contribution in [1.82, 2.24) is 9.38 Å². The number of fused-ring (bicyclic) bond motifs is 1. The lowest BCUT2D eigenvalue weighted by Gasteiger charge is -2.02. The fraction of sp³-hybridized carbons (Fsp3) is 0.300. The van der Waals surface area contributed by atoms with E-state index in [0.29, 0.717) is 0 Å². The maximum atomic E-state index is 5.75. The zero-order valence-corrected chi connectivity index (χ0v) is 9.53. The average molecular weight is 254 g/mol. The van der Waals surface area contributed by atoms with Crippen molar-refractivity contribution in [3.63, 3.8) is 0 Å². The fourth-order valence-corrected chi connectivity index (χ4v) is 1.81. The van der Waals surface area contributed by atoms with Gasteiger partial charge in [-0.3, -0.25) is 0 Å². The first-order chi connectivity index (χ1) is 6.66. The molecule has 0 saturated heterocycles. The Morgan fingerprint density at radius 2 is 2.43 bits per heavy atom. The Morgan fingerprint density at radius 3 is 3.14 bits per heavy atom. The van der Waals surface area contributed by atoms with E-state index in [2.05, 4.69) is 27.0 Å². The minimum atomic E-state index is 0.146. The van der Waals surface area contributed by atoms with Crippen molar-refractivity contribution < 1.29 is 0 Å². The molecule has 0 amide bonds. The summed E-state index contributed by atoms with van der Waals surface area (Å²) < 4.78 is 3.07. The highest BCUT2D eigenvalue weighted by Gasteiger charge is 2.06. The van der Waals surface area contributed by atoms with Gasteiger partial charge in [-0.1, -0.05) is 15.9 Å². The highest BCUT2D eigenvalue weighted by molar-refractivity contribution is 9.10. The van der Waals surface area contributed by atoms with Crippen molar-refractivity contribution in [2.75, 3.05) is 0 Å². The largest absolute Gasteiger partial charge is 0.328 e. The first-order valence-corrected chi connectivity index (χ1v) is 5.33. The molecule has 2 aromatic heterocycles. The highest BCUT2D eigenvalue weighted by atomic mass is 79.9. The number of pyridine rings is 1. The van der Waals surface area contributed by atoms with Crippen LogP contribution in [0.3, 0.4) is 0 Å². The third kappa shape index (κ3) is 1.81. The van der Waals surface area contributed by atoms with E-state index >= 15 is 0 Å². The first-order valence-electron chi connectivity index (χ1n) is 4.53. The number of nitrogens with zero attached hydrogens (tertiary/aromatic N) is 2. The maximum Gasteiger partial charge on any atom is 0.0995 e. The number of halogens is 1. The molecule has 1 atom stereocenters. The fourth-order valence-electron chi connectivity index (χ4n) is 1.48. The van der Waals surface area contributed by atoms with Gasteiger partial charge in [-0.05, 0) is 19.1 Å². The van der Waals surface area contributed by atoms with Gasteiger partial charge in [0.15, 0.2) is 0 Å². The molecule has 0 aliphatic carbocycles. The van der Waals surface area contributed by atoms with Gasteiger partial charge in [0.25, 0.3) is 0 Å². The van der Waals surface area contributed by atoms with E-state index in [1.54, 1.807) is 0 Å². The van der Waals surface area contributed by atoms with Crippen LogP contribution >= 0.6 is 15.9 Å². The number of aromatic nitrogens is 2. The number of rotatable bonds is 2. The molecular weight excluding hydrogens is 242 g/mol. The van der Waals surface area contributed by atoms with Crippen LogP contribution in [-0.4, -0.2) is 15.4 Å². The van der Waals surface area contributed by atoms with Crippen molar-refractivity contribution in [3.8, 4) is 0 Å². The third-order valence-electron chi connectivity index (χ3n) is 2.10. The van der Waals surface area contributed by atoms with E-state index < -0.39 is 0 Å². The van der Waals surface area contributed by atoms with E-state index in [0.717, 1.165) is 22.1 Å². The van der Waals surface area contributed by atoms with Crippen LogP contribution in [0.5, 0.6) is 0 Å². The molecule has 2 heterocycles. The molecule has 0 radical (unpaired) electrons. The second-order valence-electron chi connectivity index (χ2n) is 3.51. The number of nitrogens with two attached hydrogens (primary N) is 1. The van der Waals surface area contributed by atoms with Gasteiger partial charge in [0, 0.05) is 23.1 Å². The standard InChI is InChI=1S/C10H12BrN3/c1-7(12)4-9-10-5-8(11)2-3-14(10)6-13-9/h2-3,5-7H,4,12H2,1H3. The zero-order valence-electron chi connectivity index (χ0n) is 7.94. The van der Waals surface area contributed by atoms with Crippen molar-refractivity contribution in [2.24, 2.45) is 5.73 Å². The SMILES string of the molecule is CC(N)Cc1ncn2ccc(Br)cc12. The van der Waals surface area contributed by atoms with E-state index in [4.69, 9.17) is 5.73 Å². The molecule has 0 aliphatic rings. The summed E-state index contributed by atoms with van der Waals surface area (Å²) in [5, 5.41) is 0. The second kappa shape index (κ2) is 3.71. The van der Waals surface area contributed by atoms with E-state index in [1.807, 2.05) is 29.9 Å². The molecule has 0 aromatic carbocycles. The number of imidazole rings is 1. The normalized spacial score (nSPS) is 13.4. The lowest BCUT2D eigenvalue weighted by atomic mass is 10.2. The van der Waals surface area contributed by atoms with Crippen molar-refractivity contribution in [1.29, 1.82) is 0 Å². The minimum absolute atomic E-state index is 0.146. The van der Waals surface area contributed by atoms with E-state index in [-0.39, 0.29) is 6.04 Å². The zero-order chi connectivity index (χ0) is 10.1. The summed E-state index contributed by atoms with van der Waals surface area (Å²) in [6.07, 6.45) is 4.61. The summed E-state index contributed by atoms with van der Waals surface area (Å²) in [4.78, 5) is 4.34. The molecule has 2 rings (SSSR count). The van der Waals surface area contributed by atoms with Gasteiger partial charge >= 0.3 is 0 Å². The van der Waals surface area contributed by atoms with Crippen molar-refractivity contribution >= 4 is 21.4 Å². The summed E-state index contributed by atoms with van der Waals surface area (Å²) in [7, 11) is 0. The smallest absolute Gasteiger partial charge is 0.0995 e. The minimum Gasteiger partial charge on any atom is -0.328 e. The molecule has 4 heteroatoms. The quantitative estimate of drug-likeness (QED) is 0.890. The Hall–Kier alpha value is -0.870. The molecule has 0 saturated carbocycles. The van der Waals surface area contributed by atoms with Gasteiger partial charge in [-0.15, -0.1) is 0 Å². The average Bonchev–Trinajstić information content (AvgIpc) is 2.47. The third-order valence-corrected chi connectivity index (χ3v) is 2.59. The van der Waals surface area contributed by atoms with Gasteiger partial charge in [0.05, 0.1) is 17.5 Å². The summed E-state index contributed by atoms with van der Waals surface area (Å²) >= 11 is 3.45. The Balaban J connectivity index is 2.50. The Bertz CT molecular complexity index is 448. The molecule has 74 valence electrons. The van der Waals surface area contributed by atoms with Gasteiger partial charge < -0.3 is 10.1 Å². The second-order valence-corrected chi connectivity index (χ2v) is 4.43. The molecule has 0 aliphatic heterocycles. The van der Waals surface area contributed by atoms with Crippen LogP contribution < -0.4 is 5.73 Å². The molecule has 0 fully saturated rings. The van der Waals surface area contributed by atoms with Crippen LogP contribution in [0, 0.1) is 0 Å². The predicted octanol–water partition coefficient (Wildman–Crippen LogP) is 1.99. The summed E-state index contributed by atoms with van der Waals surface area (Å²) in [6, 6.07) is 4.20. The molecule has 2 aromatic rings. The van der Waals surface area contributed by atoms with E-state index in [9.17, 15) is 0 Å². The van der Waals surface area contributed by atoms with E-state index in [1.165, 1.54) is 0 Å². The van der Waals surface area contributed by atoms with Gasteiger partial charge in [0.2, 0.25) is 0 Å². The number of hydrogen-bond donors (Lipinski definition) is 1. The first kappa shape index (κ1) is 9.68. The number of hydrogen-bond acceptors (Lipinski definition) is 2. The molecular formula is C10H12BrN3.